The van der Waals surface area contributed by atoms with Crippen LogP contribution in [-0.2, 0) is 6.42 Å². The van der Waals surface area contributed by atoms with Gasteiger partial charge in [0.15, 0.2) is 11.5 Å². The minimum absolute atomic E-state index is 0.180. The van der Waals surface area contributed by atoms with Crippen LogP contribution in [0.2, 0.25) is 0 Å². The number of carbonyl (C=O) groups is 1. The number of benzene rings is 1. The Hall–Kier alpha value is -1.82. The number of hydrogen-bond donors (Lipinski definition) is 1. The van der Waals surface area contributed by atoms with Gasteiger partial charge in [-0.3, -0.25) is 14.1 Å². The molecule has 0 bridgehead atoms. The zero-order valence-corrected chi connectivity index (χ0v) is 15.4. The highest BCUT2D eigenvalue weighted by atomic mass is 18.2. The van der Waals surface area contributed by atoms with Crippen molar-refractivity contribution in [2.45, 2.75) is 38.6 Å². The number of aryl methyl sites for hydroxylation is 1. The molecule has 0 saturated carbocycles. The average Bonchev–Trinajstić information content (AvgIpc) is 3.10. The zero-order valence-electron chi connectivity index (χ0n) is 15.4. The number of rotatable bonds is 9. The van der Waals surface area contributed by atoms with Gasteiger partial charge in [-0.2, -0.15) is 0 Å². The summed E-state index contributed by atoms with van der Waals surface area (Å²) in [5, 5.41) is 3.02. The van der Waals surface area contributed by atoms with Crippen molar-refractivity contribution in [3.8, 4) is 11.5 Å². The van der Waals surface area contributed by atoms with Crippen LogP contribution >= 0.6 is 0 Å². The van der Waals surface area contributed by atoms with E-state index in [2.05, 4.69) is 17.1 Å². The van der Waals surface area contributed by atoms with Crippen molar-refractivity contribution in [1.82, 2.24) is 10.2 Å². The van der Waals surface area contributed by atoms with Gasteiger partial charge in [0.25, 0.3) is 5.91 Å². The van der Waals surface area contributed by atoms with Gasteiger partial charge >= 0.3 is 0 Å². The summed E-state index contributed by atoms with van der Waals surface area (Å²) in [6.45, 7) is 4.46. The van der Waals surface area contributed by atoms with E-state index in [9.17, 15) is 9.18 Å². The lowest BCUT2D eigenvalue weighted by Crippen LogP contribution is -2.40. The standard InChI is InChI=1S/C19H29FN2O3/c1-4-22-10-6-8-15(22)13-21-19(23)16-11-14(7-5-9-20)12-17(24-2)18(16)25-3/h11-12,15H,4-10,13H2,1-3H3,(H,21,23)/t15-/m0/s1/i20-1. The van der Waals surface area contributed by atoms with Crippen LogP contribution in [0.4, 0.5) is 4.39 Å². The molecule has 1 amide bonds. The fraction of sp³-hybridized carbons (Fsp3) is 0.632. The van der Waals surface area contributed by atoms with Crippen LogP contribution in [0.15, 0.2) is 12.1 Å². The van der Waals surface area contributed by atoms with E-state index in [1.54, 1.807) is 12.1 Å². The Morgan fingerprint density at radius 1 is 1.36 bits per heavy atom. The average molecular weight is 351 g/mol. The Morgan fingerprint density at radius 3 is 2.80 bits per heavy atom. The molecule has 0 unspecified atom stereocenters. The van der Waals surface area contributed by atoms with Crippen molar-refractivity contribution < 1.29 is 18.7 Å². The number of nitrogens with one attached hydrogen (secondary N) is 1. The van der Waals surface area contributed by atoms with Crippen LogP contribution in [0.25, 0.3) is 0 Å². The fourth-order valence-electron chi connectivity index (χ4n) is 3.45. The van der Waals surface area contributed by atoms with E-state index in [-0.39, 0.29) is 12.6 Å². The second kappa shape index (κ2) is 9.61. The number of likely N-dealkylation sites (N-methyl/N-ethyl adjacent to an activating group) is 1. The molecule has 1 aromatic rings. The first kappa shape index (κ1) is 19.5. The summed E-state index contributed by atoms with van der Waals surface area (Å²) >= 11 is 0. The van der Waals surface area contributed by atoms with Crippen molar-refractivity contribution in [2.24, 2.45) is 0 Å². The Bertz CT molecular complexity index is 580. The van der Waals surface area contributed by atoms with Crippen molar-refractivity contribution >= 4 is 5.91 Å². The Balaban J connectivity index is 2.15. The third-order valence-electron chi connectivity index (χ3n) is 4.79. The Kier molecular flexibility index (Phi) is 7.50. The smallest absolute Gasteiger partial charge is 0.255 e. The van der Waals surface area contributed by atoms with Gasteiger partial charge in [0.1, 0.15) is 0 Å². The van der Waals surface area contributed by atoms with Gasteiger partial charge < -0.3 is 14.8 Å². The van der Waals surface area contributed by atoms with Crippen LogP contribution < -0.4 is 14.8 Å². The molecular formula is C19H29FN2O3. The first-order valence-electron chi connectivity index (χ1n) is 8.97. The predicted molar refractivity (Wildman–Crippen MR) is 96.4 cm³/mol. The van der Waals surface area contributed by atoms with E-state index in [1.165, 1.54) is 20.6 Å². The third-order valence-corrected chi connectivity index (χ3v) is 4.79. The molecule has 1 fully saturated rings. The molecule has 2 rings (SSSR count). The lowest BCUT2D eigenvalue weighted by atomic mass is 10.0. The van der Waals surface area contributed by atoms with E-state index in [0.29, 0.717) is 42.5 Å². The molecule has 1 aromatic carbocycles. The van der Waals surface area contributed by atoms with Crippen molar-refractivity contribution in [3.63, 3.8) is 0 Å². The number of nitrogens with zero attached hydrogens (tertiary/aromatic N) is 1. The predicted octanol–water partition coefficient (Wildman–Crippen LogP) is 2.82. The highest BCUT2D eigenvalue weighted by Crippen LogP contribution is 2.33. The van der Waals surface area contributed by atoms with Crippen LogP contribution in [-0.4, -0.2) is 57.4 Å². The maximum atomic E-state index is 12.7. The molecule has 1 aliphatic rings. The third kappa shape index (κ3) is 4.84. The van der Waals surface area contributed by atoms with Gasteiger partial charge in [0.2, 0.25) is 0 Å². The molecule has 5 nitrogen and oxygen atoms in total. The monoisotopic (exact) mass is 351 g/mol. The van der Waals surface area contributed by atoms with Gasteiger partial charge in [0.05, 0.1) is 26.5 Å². The zero-order chi connectivity index (χ0) is 18.2. The lowest BCUT2D eigenvalue weighted by Gasteiger charge is -2.23. The molecule has 1 atom stereocenters. The van der Waals surface area contributed by atoms with Crippen molar-refractivity contribution in [2.75, 3.05) is 40.5 Å². The molecule has 0 radical (unpaired) electrons. The van der Waals surface area contributed by atoms with Crippen LogP contribution in [0.3, 0.4) is 0 Å². The maximum absolute atomic E-state index is 12.7. The number of amides is 1. The van der Waals surface area contributed by atoms with Crippen molar-refractivity contribution in [3.05, 3.63) is 23.3 Å². The minimum Gasteiger partial charge on any atom is -0.493 e. The van der Waals surface area contributed by atoms with Gasteiger partial charge in [0, 0.05) is 12.6 Å². The summed E-state index contributed by atoms with van der Waals surface area (Å²) in [6, 6.07) is 3.97. The molecule has 0 spiro atoms. The van der Waals surface area contributed by atoms with Crippen LogP contribution in [0, 0.1) is 0 Å². The summed E-state index contributed by atoms with van der Waals surface area (Å²) in [4.78, 5) is 15.1. The minimum atomic E-state index is -0.385. The number of carbonyl (C=O) groups excluding carboxylic acids is 1. The normalized spacial score (nSPS) is 17.5. The molecule has 25 heavy (non-hydrogen) atoms. The van der Waals surface area contributed by atoms with E-state index in [1.807, 2.05) is 0 Å². The molecule has 0 aliphatic carbocycles. The lowest BCUT2D eigenvalue weighted by molar-refractivity contribution is 0.0937. The first-order chi connectivity index (χ1) is 12.1. The molecule has 1 saturated heterocycles. The molecule has 1 N–H and O–H groups in total. The first-order valence-corrected chi connectivity index (χ1v) is 8.97. The van der Waals surface area contributed by atoms with E-state index >= 15 is 0 Å². The van der Waals surface area contributed by atoms with E-state index in [4.69, 9.17) is 9.47 Å². The van der Waals surface area contributed by atoms with Gasteiger partial charge in [-0.1, -0.05) is 6.92 Å². The summed E-state index contributed by atoms with van der Waals surface area (Å²) in [5.74, 6) is 0.739. The number of hydrogen-bond acceptors (Lipinski definition) is 4. The maximum Gasteiger partial charge on any atom is 0.255 e. The van der Waals surface area contributed by atoms with Gasteiger partial charge in [-0.25, -0.2) is 0 Å². The summed E-state index contributed by atoms with van der Waals surface area (Å²) in [5.41, 5.74) is 1.31. The molecule has 1 aliphatic heterocycles. The summed E-state index contributed by atoms with van der Waals surface area (Å²) in [7, 11) is 3.06. The Labute approximate surface area is 149 Å². The molecule has 1 heterocycles. The quantitative estimate of drug-likeness (QED) is 0.743. The molecule has 140 valence electrons. The van der Waals surface area contributed by atoms with Gasteiger partial charge in [-0.15, -0.1) is 0 Å². The fourth-order valence-corrected chi connectivity index (χ4v) is 3.45. The highest BCUT2D eigenvalue weighted by molar-refractivity contribution is 5.98. The van der Waals surface area contributed by atoms with Crippen LogP contribution in [0.1, 0.15) is 42.1 Å². The topological polar surface area (TPSA) is 50.8 Å². The number of halogens is 1. The second-order valence-electron chi connectivity index (χ2n) is 6.31. The largest absolute Gasteiger partial charge is 0.493 e. The van der Waals surface area contributed by atoms with E-state index in [0.717, 1.165) is 25.1 Å². The second-order valence-corrected chi connectivity index (χ2v) is 6.31. The molecule has 6 heteroatoms. The van der Waals surface area contributed by atoms with E-state index < -0.39 is 0 Å². The number of ether oxygens (including phenoxy) is 2. The summed E-state index contributed by atoms with van der Waals surface area (Å²) < 4.78 is 23.2. The number of methoxy groups -OCH3 is 2. The van der Waals surface area contributed by atoms with Crippen molar-refractivity contribution in [1.29, 1.82) is 0 Å². The number of likely N-dealkylation sites (tertiary alicyclic amines) is 1. The molecule has 0 aromatic heterocycles. The van der Waals surface area contributed by atoms with Crippen LogP contribution in [0.5, 0.6) is 11.5 Å². The number of alkyl halides is 1. The SMILES string of the molecule is CCN1CCC[C@H]1CNC(=O)c1cc(CCC[18F])cc(OC)c1OC. The van der Waals surface area contributed by atoms with Gasteiger partial charge in [-0.05, 0) is 56.5 Å². The molecular weight excluding hydrogens is 322 g/mol. The Morgan fingerprint density at radius 2 is 2.16 bits per heavy atom. The highest BCUT2D eigenvalue weighted by Gasteiger charge is 2.24. The summed E-state index contributed by atoms with van der Waals surface area (Å²) in [6.07, 6.45) is 3.25.